The number of imidazole rings is 1. The second kappa shape index (κ2) is 9.98. The summed E-state index contributed by atoms with van der Waals surface area (Å²) in [7, 11) is 0. The number of fused-ring (bicyclic) bond motifs is 1. The van der Waals surface area contributed by atoms with Crippen molar-refractivity contribution in [2.75, 3.05) is 13.1 Å². The topological polar surface area (TPSA) is 37.6 Å². The average molecular weight is 476 g/mol. The Morgan fingerprint density at radius 3 is 2.53 bits per heavy atom. The lowest BCUT2D eigenvalue weighted by molar-refractivity contribution is -0.132. The van der Waals surface area contributed by atoms with Crippen molar-refractivity contribution in [2.24, 2.45) is 5.92 Å². The van der Waals surface area contributed by atoms with Crippen LogP contribution in [-0.4, -0.2) is 33.3 Å². The van der Waals surface area contributed by atoms with Crippen molar-refractivity contribution in [3.8, 4) is 0 Å². The van der Waals surface area contributed by atoms with Gasteiger partial charge in [-0.25, -0.2) is 9.37 Å². The monoisotopic (exact) mass is 475 g/mol. The first-order valence-corrected chi connectivity index (χ1v) is 12.1. The molecule has 3 heterocycles. The standard InChI is InChI=1S/C28H27ClFN3O/c29-22-10-11-27-31-18-26(33(27)19-22)24(23-8-4-5-9-25(23)30)17-28(34)32-14-12-21(13-15-32)16-20-6-2-1-3-7-20/h1-11,18-19,21,24H,12-17H2. The summed E-state index contributed by atoms with van der Waals surface area (Å²) < 4.78 is 16.7. The lowest BCUT2D eigenvalue weighted by Crippen LogP contribution is -2.39. The normalized spacial score (nSPS) is 15.5. The maximum absolute atomic E-state index is 14.9. The van der Waals surface area contributed by atoms with E-state index in [9.17, 15) is 9.18 Å². The highest BCUT2D eigenvalue weighted by Gasteiger charge is 2.29. The molecule has 1 fully saturated rings. The Morgan fingerprint density at radius 1 is 1.03 bits per heavy atom. The molecule has 1 unspecified atom stereocenters. The summed E-state index contributed by atoms with van der Waals surface area (Å²) in [5, 5.41) is 0.561. The molecule has 4 nitrogen and oxygen atoms in total. The highest BCUT2D eigenvalue weighted by atomic mass is 35.5. The number of pyridine rings is 1. The van der Waals surface area contributed by atoms with Crippen LogP contribution in [-0.2, 0) is 11.2 Å². The predicted octanol–water partition coefficient (Wildman–Crippen LogP) is 6.13. The molecule has 1 aliphatic rings. The Bertz CT molecular complexity index is 1280. The summed E-state index contributed by atoms with van der Waals surface area (Å²) in [5.41, 5.74) is 3.32. The molecule has 0 N–H and O–H groups in total. The number of rotatable bonds is 6. The number of aromatic nitrogens is 2. The van der Waals surface area contributed by atoms with E-state index in [0.29, 0.717) is 16.5 Å². The molecule has 0 saturated carbocycles. The maximum atomic E-state index is 14.9. The van der Waals surface area contributed by atoms with Crippen LogP contribution in [0.25, 0.3) is 5.65 Å². The van der Waals surface area contributed by atoms with Gasteiger partial charge in [0.2, 0.25) is 5.91 Å². The largest absolute Gasteiger partial charge is 0.343 e. The van der Waals surface area contributed by atoms with E-state index in [1.165, 1.54) is 11.6 Å². The zero-order chi connectivity index (χ0) is 23.5. The van der Waals surface area contributed by atoms with Crippen molar-refractivity contribution < 1.29 is 9.18 Å². The highest BCUT2D eigenvalue weighted by molar-refractivity contribution is 6.30. The van der Waals surface area contributed by atoms with Crippen LogP contribution in [0.4, 0.5) is 4.39 Å². The zero-order valence-corrected chi connectivity index (χ0v) is 19.7. The molecule has 4 aromatic rings. The summed E-state index contributed by atoms with van der Waals surface area (Å²) >= 11 is 6.23. The number of halogens is 2. The van der Waals surface area contributed by atoms with E-state index in [2.05, 4.69) is 29.2 Å². The van der Waals surface area contributed by atoms with Crippen molar-refractivity contribution in [1.29, 1.82) is 0 Å². The summed E-state index contributed by atoms with van der Waals surface area (Å²) in [6.45, 7) is 1.47. The van der Waals surface area contributed by atoms with E-state index in [4.69, 9.17) is 11.6 Å². The molecule has 1 saturated heterocycles. The summed E-state index contributed by atoms with van der Waals surface area (Å²) in [4.78, 5) is 19.8. The number of carbonyl (C=O) groups is 1. The minimum atomic E-state index is -0.454. The predicted molar refractivity (Wildman–Crippen MR) is 133 cm³/mol. The van der Waals surface area contributed by atoms with Gasteiger partial charge in [-0.15, -0.1) is 0 Å². The van der Waals surface area contributed by atoms with E-state index < -0.39 is 5.92 Å². The molecule has 174 valence electrons. The van der Waals surface area contributed by atoms with Crippen LogP contribution in [0, 0.1) is 11.7 Å². The van der Waals surface area contributed by atoms with Crippen molar-refractivity contribution in [3.63, 3.8) is 0 Å². The fourth-order valence-corrected chi connectivity index (χ4v) is 5.16. The van der Waals surface area contributed by atoms with Gasteiger partial charge in [0.15, 0.2) is 0 Å². The Labute approximate surface area is 204 Å². The summed E-state index contributed by atoms with van der Waals surface area (Å²) in [6.07, 6.45) is 6.69. The molecular formula is C28H27ClFN3O. The lowest BCUT2D eigenvalue weighted by atomic mass is 9.88. The number of hydrogen-bond acceptors (Lipinski definition) is 2. The van der Waals surface area contributed by atoms with Gasteiger partial charge in [-0.3, -0.25) is 4.79 Å². The first-order valence-electron chi connectivity index (χ1n) is 11.8. The Hall–Kier alpha value is -3.18. The molecule has 1 amide bonds. The fraction of sp³-hybridized carbons (Fsp3) is 0.286. The molecule has 0 spiro atoms. The Morgan fingerprint density at radius 2 is 1.76 bits per heavy atom. The number of likely N-dealkylation sites (tertiary alicyclic amines) is 1. The minimum Gasteiger partial charge on any atom is -0.343 e. The van der Waals surface area contributed by atoms with Gasteiger partial charge in [-0.1, -0.05) is 60.1 Å². The lowest BCUT2D eigenvalue weighted by Gasteiger charge is -2.33. The minimum absolute atomic E-state index is 0.0448. The molecule has 1 atom stereocenters. The van der Waals surface area contributed by atoms with Crippen molar-refractivity contribution in [3.05, 3.63) is 107 Å². The molecular weight excluding hydrogens is 449 g/mol. The second-order valence-corrected chi connectivity index (χ2v) is 9.49. The number of nitrogens with zero attached hydrogens (tertiary/aromatic N) is 3. The van der Waals surface area contributed by atoms with Gasteiger partial charge in [0.25, 0.3) is 0 Å². The Kier molecular flexibility index (Phi) is 6.63. The van der Waals surface area contributed by atoms with E-state index in [1.807, 2.05) is 21.4 Å². The molecule has 2 aromatic heterocycles. The van der Waals surface area contributed by atoms with Gasteiger partial charge in [-0.05, 0) is 54.5 Å². The molecule has 34 heavy (non-hydrogen) atoms. The Balaban J connectivity index is 1.34. The number of amides is 1. The molecule has 0 aliphatic carbocycles. The average Bonchev–Trinajstić information content (AvgIpc) is 3.27. The summed E-state index contributed by atoms with van der Waals surface area (Å²) in [6, 6.07) is 20.8. The van der Waals surface area contributed by atoms with E-state index in [-0.39, 0.29) is 18.1 Å². The van der Waals surface area contributed by atoms with Crippen molar-refractivity contribution in [1.82, 2.24) is 14.3 Å². The van der Waals surface area contributed by atoms with Gasteiger partial charge in [0.05, 0.1) is 10.7 Å². The van der Waals surface area contributed by atoms with Gasteiger partial charge in [-0.2, -0.15) is 0 Å². The molecule has 0 bridgehead atoms. The van der Waals surface area contributed by atoms with Crippen LogP contribution in [0.2, 0.25) is 5.02 Å². The van der Waals surface area contributed by atoms with Crippen LogP contribution in [0.5, 0.6) is 0 Å². The molecule has 1 aliphatic heterocycles. The molecule has 0 radical (unpaired) electrons. The second-order valence-electron chi connectivity index (χ2n) is 9.05. The van der Waals surface area contributed by atoms with Crippen LogP contribution < -0.4 is 0 Å². The van der Waals surface area contributed by atoms with Crippen molar-refractivity contribution in [2.45, 2.75) is 31.6 Å². The third kappa shape index (κ3) is 4.85. The third-order valence-electron chi connectivity index (χ3n) is 6.85. The third-order valence-corrected chi connectivity index (χ3v) is 7.07. The van der Waals surface area contributed by atoms with Gasteiger partial charge < -0.3 is 9.30 Å². The SMILES string of the molecule is O=C(CC(c1ccccc1F)c1cnc2ccc(Cl)cn12)N1CCC(Cc2ccccc2)CC1. The summed E-state index contributed by atoms with van der Waals surface area (Å²) in [5.74, 6) is -0.152. The number of benzene rings is 2. The van der Waals surface area contributed by atoms with Crippen LogP contribution in [0.3, 0.4) is 0 Å². The van der Waals surface area contributed by atoms with E-state index in [1.54, 1.807) is 36.7 Å². The fourth-order valence-electron chi connectivity index (χ4n) is 5.00. The number of carbonyl (C=O) groups excluding carboxylic acids is 1. The van der Waals surface area contributed by atoms with Gasteiger partial charge in [0, 0.05) is 37.8 Å². The number of piperidine rings is 1. The number of hydrogen-bond donors (Lipinski definition) is 0. The molecule has 6 heteroatoms. The quantitative estimate of drug-likeness (QED) is 0.336. The zero-order valence-electron chi connectivity index (χ0n) is 18.9. The van der Waals surface area contributed by atoms with E-state index >= 15 is 0 Å². The van der Waals surface area contributed by atoms with Crippen LogP contribution >= 0.6 is 11.6 Å². The highest BCUT2D eigenvalue weighted by Crippen LogP contribution is 2.32. The van der Waals surface area contributed by atoms with Crippen molar-refractivity contribution >= 4 is 23.2 Å². The first kappa shape index (κ1) is 22.6. The molecule has 2 aromatic carbocycles. The van der Waals surface area contributed by atoms with Gasteiger partial charge >= 0.3 is 0 Å². The first-order chi connectivity index (χ1) is 16.6. The van der Waals surface area contributed by atoms with Crippen LogP contribution in [0.1, 0.15) is 42.0 Å². The maximum Gasteiger partial charge on any atom is 0.223 e. The smallest absolute Gasteiger partial charge is 0.223 e. The van der Waals surface area contributed by atoms with Crippen LogP contribution in [0.15, 0.2) is 79.1 Å². The van der Waals surface area contributed by atoms with E-state index in [0.717, 1.165) is 43.7 Å². The molecule has 5 rings (SSSR count). The van der Waals surface area contributed by atoms with Gasteiger partial charge in [0.1, 0.15) is 11.5 Å².